The van der Waals surface area contributed by atoms with Gasteiger partial charge in [-0.15, -0.1) is 0 Å². The maximum Gasteiger partial charge on any atom is 0.342 e. The molecule has 6 heteroatoms. The van der Waals surface area contributed by atoms with E-state index in [1.165, 1.54) is 20.6 Å². The van der Waals surface area contributed by atoms with E-state index in [1.54, 1.807) is 18.2 Å². The molecule has 3 atom stereocenters. The smallest absolute Gasteiger partial charge is 0.342 e. The van der Waals surface area contributed by atoms with Crippen molar-refractivity contribution in [2.45, 2.75) is 39.2 Å². The Morgan fingerprint density at radius 1 is 1.16 bits per heavy atom. The normalized spacial score (nSPS) is 22.8. The van der Waals surface area contributed by atoms with Gasteiger partial charge in [0.1, 0.15) is 17.1 Å². The van der Waals surface area contributed by atoms with Gasteiger partial charge in [-0.2, -0.15) is 0 Å². The van der Waals surface area contributed by atoms with Crippen molar-refractivity contribution in [3.05, 3.63) is 23.8 Å². The van der Waals surface area contributed by atoms with Crippen LogP contribution in [0.1, 0.15) is 43.5 Å². The third-order valence-corrected chi connectivity index (χ3v) is 5.02. The van der Waals surface area contributed by atoms with Crippen molar-refractivity contribution in [2.24, 2.45) is 11.8 Å². The molecule has 1 aromatic rings. The molecule has 0 radical (unpaired) electrons. The number of carbonyl (C=O) groups excluding carboxylic acids is 2. The van der Waals surface area contributed by atoms with Crippen LogP contribution in [-0.2, 0) is 9.53 Å². The average molecular weight is 349 g/mol. The number of ether oxygens (including phenoxy) is 3. The first kappa shape index (κ1) is 19.1. The summed E-state index contributed by atoms with van der Waals surface area (Å²) in [5.41, 5.74) is 0.260. The second kappa shape index (κ2) is 8.74. The number of nitrogens with one attached hydrogen (secondary N) is 1. The number of hydrogen-bond donors (Lipinski definition) is 1. The number of methoxy groups -OCH3 is 2. The Hall–Kier alpha value is -2.24. The van der Waals surface area contributed by atoms with E-state index in [9.17, 15) is 9.59 Å². The first-order valence-corrected chi connectivity index (χ1v) is 8.64. The predicted molar refractivity (Wildman–Crippen MR) is 93.9 cm³/mol. The Balaban J connectivity index is 1.90. The summed E-state index contributed by atoms with van der Waals surface area (Å²) in [5.74, 6) is 1.07. The van der Waals surface area contributed by atoms with Crippen LogP contribution in [0.3, 0.4) is 0 Å². The molecule has 1 saturated carbocycles. The third kappa shape index (κ3) is 4.87. The number of esters is 1. The van der Waals surface area contributed by atoms with Crippen LogP contribution < -0.4 is 14.8 Å². The fourth-order valence-corrected chi connectivity index (χ4v) is 3.21. The lowest BCUT2D eigenvalue weighted by Gasteiger charge is -2.34. The van der Waals surface area contributed by atoms with Crippen LogP contribution in [0, 0.1) is 11.8 Å². The van der Waals surface area contributed by atoms with E-state index in [-0.39, 0.29) is 24.1 Å². The van der Waals surface area contributed by atoms with E-state index >= 15 is 0 Å². The molecule has 1 fully saturated rings. The van der Waals surface area contributed by atoms with Gasteiger partial charge < -0.3 is 19.5 Å². The Morgan fingerprint density at radius 3 is 2.60 bits per heavy atom. The molecule has 6 nitrogen and oxygen atoms in total. The van der Waals surface area contributed by atoms with Crippen LogP contribution in [0.5, 0.6) is 11.5 Å². The predicted octanol–water partition coefficient (Wildman–Crippen LogP) is 2.80. The molecular weight excluding hydrogens is 322 g/mol. The SMILES string of the molecule is COc1ccc(C(=O)OCC(=O)N[C@@H]2CCC[C@@H](C)[C@@H]2C)c(OC)c1. The number of rotatable bonds is 6. The molecule has 2 rings (SSSR count). The molecule has 1 aliphatic rings. The number of hydrogen-bond acceptors (Lipinski definition) is 5. The Labute approximate surface area is 148 Å². The highest BCUT2D eigenvalue weighted by atomic mass is 16.5. The van der Waals surface area contributed by atoms with Crippen molar-refractivity contribution in [1.29, 1.82) is 0 Å². The van der Waals surface area contributed by atoms with Gasteiger partial charge in [0.15, 0.2) is 6.61 Å². The largest absolute Gasteiger partial charge is 0.497 e. The molecule has 0 aromatic heterocycles. The number of amides is 1. The van der Waals surface area contributed by atoms with Crippen LogP contribution in [0.4, 0.5) is 0 Å². The minimum atomic E-state index is -0.597. The van der Waals surface area contributed by atoms with Crippen molar-refractivity contribution in [1.82, 2.24) is 5.32 Å². The van der Waals surface area contributed by atoms with E-state index in [2.05, 4.69) is 19.2 Å². The Morgan fingerprint density at radius 2 is 1.92 bits per heavy atom. The summed E-state index contributed by atoms with van der Waals surface area (Å²) in [6, 6.07) is 4.94. The second-order valence-corrected chi connectivity index (χ2v) is 6.58. The molecule has 138 valence electrons. The van der Waals surface area contributed by atoms with Crippen molar-refractivity contribution < 1.29 is 23.8 Å². The lowest BCUT2D eigenvalue weighted by atomic mass is 9.78. The fourth-order valence-electron chi connectivity index (χ4n) is 3.21. The highest BCUT2D eigenvalue weighted by Crippen LogP contribution is 2.29. The maximum absolute atomic E-state index is 12.2. The van der Waals surface area contributed by atoms with Crippen LogP contribution in [0.25, 0.3) is 0 Å². The monoisotopic (exact) mass is 349 g/mol. The number of carbonyl (C=O) groups is 2. The molecule has 1 N–H and O–H groups in total. The van der Waals surface area contributed by atoms with Crippen molar-refractivity contribution in [2.75, 3.05) is 20.8 Å². The zero-order valence-electron chi connectivity index (χ0n) is 15.3. The van der Waals surface area contributed by atoms with Crippen molar-refractivity contribution in [3.8, 4) is 11.5 Å². The zero-order valence-corrected chi connectivity index (χ0v) is 15.3. The van der Waals surface area contributed by atoms with E-state index in [1.807, 2.05) is 0 Å². The molecule has 1 amide bonds. The zero-order chi connectivity index (χ0) is 18.4. The average Bonchev–Trinajstić information content (AvgIpc) is 2.62. The van der Waals surface area contributed by atoms with Crippen molar-refractivity contribution >= 4 is 11.9 Å². The minimum absolute atomic E-state index is 0.144. The lowest BCUT2D eigenvalue weighted by Crippen LogP contribution is -2.45. The van der Waals surface area contributed by atoms with Gasteiger partial charge in [-0.05, 0) is 30.4 Å². The van der Waals surface area contributed by atoms with Crippen LogP contribution in [0.2, 0.25) is 0 Å². The molecule has 1 aliphatic carbocycles. The molecular formula is C19H27NO5. The van der Waals surface area contributed by atoms with Crippen LogP contribution >= 0.6 is 0 Å². The Kier molecular flexibility index (Phi) is 6.67. The van der Waals surface area contributed by atoms with Gasteiger partial charge in [0, 0.05) is 12.1 Å². The lowest BCUT2D eigenvalue weighted by molar-refractivity contribution is -0.125. The van der Waals surface area contributed by atoms with Gasteiger partial charge in [-0.1, -0.05) is 26.7 Å². The summed E-state index contributed by atoms with van der Waals surface area (Å²) in [6.07, 6.45) is 3.27. The van der Waals surface area contributed by atoms with Gasteiger partial charge in [0.05, 0.1) is 14.2 Å². The topological polar surface area (TPSA) is 73.9 Å². The molecule has 0 heterocycles. The fraction of sp³-hybridized carbons (Fsp3) is 0.579. The quantitative estimate of drug-likeness (QED) is 0.800. The molecule has 0 bridgehead atoms. The van der Waals surface area contributed by atoms with E-state index in [0.717, 1.165) is 12.8 Å². The van der Waals surface area contributed by atoms with Gasteiger partial charge in [-0.3, -0.25) is 4.79 Å². The molecule has 1 aromatic carbocycles. The summed E-state index contributed by atoms with van der Waals surface area (Å²) in [6.45, 7) is 4.06. The van der Waals surface area contributed by atoms with E-state index < -0.39 is 5.97 Å². The van der Waals surface area contributed by atoms with Gasteiger partial charge in [0.2, 0.25) is 0 Å². The summed E-state index contributed by atoms with van der Waals surface area (Å²) >= 11 is 0. The van der Waals surface area contributed by atoms with E-state index in [0.29, 0.717) is 23.3 Å². The summed E-state index contributed by atoms with van der Waals surface area (Å²) in [5, 5.41) is 2.99. The molecule has 0 unspecified atom stereocenters. The van der Waals surface area contributed by atoms with Gasteiger partial charge in [0.25, 0.3) is 5.91 Å². The second-order valence-electron chi connectivity index (χ2n) is 6.58. The highest BCUT2D eigenvalue weighted by Gasteiger charge is 2.28. The summed E-state index contributed by atoms with van der Waals surface area (Å²) in [7, 11) is 2.99. The molecule has 25 heavy (non-hydrogen) atoms. The summed E-state index contributed by atoms with van der Waals surface area (Å²) < 4.78 is 15.4. The van der Waals surface area contributed by atoms with Gasteiger partial charge >= 0.3 is 5.97 Å². The summed E-state index contributed by atoms with van der Waals surface area (Å²) in [4.78, 5) is 24.3. The third-order valence-electron chi connectivity index (χ3n) is 5.02. The molecule has 0 saturated heterocycles. The van der Waals surface area contributed by atoms with Crippen LogP contribution in [-0.4, -0.2) is 38.7 Å². The maximum atomic E-state index is 12.2. The van der Waals surface area contributed by atoms with E-state index in [4.69, 9.17) is 14.2 Å². The molecule has 0 aliphatic heterocycles. The standard InChI is InChI=1S/C19H27NO5/c1-12-6-5-7-16(13(12)2)20-18(21)11-25-19(22)15-9-8-14(23-3)10-17(15)24-4/h8-10,12-13,16H,5-7,11H2,1-4H3,(H,20,21)/t12-,13+,16-/m1/s1. The van der Waals surface area contributed by atoms with Gasteiger partial charge in [-0.25, -0.2) is 4.79 Å². The highest BCUT2D eigenvalue weighted by molar-refractivity contribution is 5.94. The number of benzene rings is 1. The van der Waals surface area contributed by atoms with Crippen LogP contribution in [0.15, 0.2) is 18.2 Å². The van der Waals surface area contributed by atoms with Crippen molar-refractivity contribution in [3.63, 3.8) is 0 Å². The minimum Gasteiger partial charge on any atom is -0.497 e. The Bertz CT molecular complexity index is 616. The molecule has 0 spiro atoms. The first-order chi connectivity index (χ1) is 12.0. The first-order valence-electron chi connectivity index (χ1n) is 8.64.